The summed E-state index contributed by atoms with van der Waals surface area (Å²) in [6.45, 7) is 3.89. The fourth-order valence-corrected chi connectivity index (χ4v) is 8.88. The highest BCUT2D eigenvalue weighted by molar-refractivity contribution is 7.45. The summed E-state index contributed by atoms with van der Waals surface area (Å²) in [5, 5.41) is 20.8. The van der Waals surface area contributed by atoms with Crippen molar-refractivity contribution >= 4 is 25.5 Å². The van der Waals surface area contributed by atoms with Crippen LogP contribution in [0, 0.1) is 11.8 Å². The molecule has 0 spiro atoms. The summed E-state index contributed by atoms with van der Waals surface area (Å²) in [7, 11) is 1.05. The van der Waals surface area contributed by atoms with E-state index < -0.39 is 44.7 Å². The second kappa shape index (κ2) is 37.4. The van der Waals surface area contributed by atoms with E-state index in [1.165, 1.54) is 96.3 Å². The Hall–Kier alpha value is -1.66. The molecule has 0 aromatic rings. The molecular weight excluding hydrogens is 822 g/mol. The lowest BCUT2D eigenvalue weighted by atomic mass is 9.88. The minimum absolute atomic E-state index is 0.00725. The molecule has 1 rings (SSSR count). The van der Waals surface area contributed by atoms with Crippen molar-refractivity contribution in [3.8, 4) is 0 Å². The van der Waals surface area contributed by atoms with E-state index >= 15 is 0 Å². The van der Waals surface area contributed by atoms with E-state index in [1.807, 2.05) is 21.1 Å². The zero-order valence-electron chi connectivity index (χ0n) is 40.8. The van der Waals surface area contributed by atoms with Gasteiger partial charge >= 0.3 is 11.9 Å². The number of carbonyl (C=O) groups is 3. The van der Waals surface area contributed by atoms with Crippen LogP contribution in [-0.4, -0.2) is 98.2 Å². The molecule has 1 fully saturated rings. The molecule has 0 aromatic carbocycles. The first kappa shape index (κ1) is 59.4. The van der Waals surface area contributed by atoms with Crippen LogP contribution >= 0.6 is 7.82 Å². The van der Waals surface area contributed by atoms with Gasteiger partial charge < -0.3 is 38.1 Å². The van der Waals surface area contributed by atoms with Gasteiger partial charge in [0.1, 0.15) is 25.5 Å². The van der Waals surface area contributed by atoms with Crippen molar-refractivity contribution in [2.24, 2.45) is 11.8 Å². The summed E-state index contributed by atoms with van der Waals surface area (Å²) in [6.07, 6.45) is 32.8. The van der Waals surface area contributed by atoms with Crippen molar-refractivity contribution < 1.29 is 57.1 Å². The molecular formula is C50H94NO11P. The van der Waals surface area contributed by atoms with Crippen LogP contribution in [0.1, 0.15) is 213 Å². The van der Waals surface area contributed by atoms with Crippen LogP contribution < -0.4 is 4.89 Å². The summed E-state index contributed by atoms with van der Waals surface area (Å²) in [4.78, 5) is 50.5. The number of ether oxygens (including phenoxy) is 2. The van der Waals surface area contributed by atoms with E-state index in [0.29, 0.717) is 36.7 Å². The monoisotopic (exact) mass is 916 g/mol. The number of phosphoric ester groups is 1. The largest absolute Gasteiger partial charge is 0.756 e. The van der Waals surface area contributed by atoms with Gasteiger partial charge in [-0.25, -0.2) is 0 Å². The predicted molar refractivity (Wildman–Crippen MR) is 251 cm³/mol. The Labute approximate surface area is 384 Å². The van der Waals surface area contributed by atoms with Gasteiger partial charge in [0.25, 0.3) is 7.82 Å². The van der Waals surface area contributed by atoms with E-state index in [0.717, 1.165) is 57.8 Å². The number of hydrogen-bond acceptors (Lipinski definition) is 11. The van der Waals surface area contributed by atoms with Gasteiger partial charge in [-0.1, -0.05) is 180 Å². The zero-order chi connectivity index (χ0) is 46.6. The maximum atomic E-state index is 12.8. The Kier molecular flexibility index (Phi) is 35.3. The van der Waals surface area contributed by atoms with Crippen LogP contribution in [0.15, 0.2) is 12.2 Å². The van der Waals surface area contributed by atoms with Crippen LogP contribution in [0.5, 0.6) is 0 Å². The molecule has 1 aliphatic carbocycles. The lowest BCUT2D eigenvalue weighted by Gasteiger charge is -2.28. The number of likely N-dealkylation sites (N-methyl/N-ethyl adjacent to an activating group) is 1. The first-order chi connectivity index (χ1) is 30.2. The van der Waals surface area contributed by atoms with Gasteiger partial charge in [-0.05, 0) is 31.6 Å². The predicted octanol–water partition coefficient (Wildman–Crippen LogP) is 10.9. The van der Waals surface area contributed by atoms with E-state index in [9.17, 15) is 34.1 Å². The quantitative estimate of drug-likeness (QED) is 0.0196. The molecule has 6 atom stereocenters. The van der Waals surface area contributed by atoms with E-state index in [-0.39, 0.29) is 50.1 Å². The summed E-state index contributed by atoms with van der Waals surface area (Å²) >= 11 is 0. The number of unbranched alkanes of at least 4 members (excludes halogenated alkanes) is 23. The van der Waals surface area contributed by atoms with Crippen LogP contribution in [0.4, 0.5) is 0 Å². The number of carbonyl (C=O) groups excluding carboxylic acids is 3. The molecule has 1 saturated carbocycles. The number of phosphoric acid groups is 1. The molecule has 63 heavy (non-hydrogen) atoms. The molecule has 0 radical (unpaired) electrons. The number of quaternary nitrogens is 1. The van der Waals surface area contributed by atoms with Crippen molar-refractivity contribution in [3.63, 3.8) is 0 Å². The summed E-state index contributed by atoms with van der Waals surface area (Å²) < 4.78 is 34.0. The molecule has 1 aliphatic rings. The molecule has 0 aromatic heterocycles. The third-order valence-corrected chi connectivity index (χ3v) is 13.2. The molecule has 1 unspecified atom stereocenters. The van der Waals surface area contributed by atoms with Crippen molar-refractivity contribution in [2.75, 3.05) is 47.5 Å². The van der Waals surface area contributed by atoms with E-state index in [4.69, 9.17) is 18.5 Å². The number of esters is 2. The summed E-state index contributed by atoms with van der Waals surface area (Å²) in [6, 6.07) is 0. The Morgan fingerprint density at radius 3 is 1.71 bits per heavy atom. The number of hydrogen-bond donors (Lipinski definition) is 2. The number of Topliss-reactive ketones (excluding diaryl/α,β-unsaturated/α-hetero) is 1. The number of nitrogens with zero attached hydrogens (tertiary/aromatic N) is 1. The molecule has 370 valence electrons. The summed E-state index contributed by atoms with van der Waals surface area (Å²) in [5.41, 5.74) is 0. The van der Waals surface area contributed by atoms with Crippen molar-refractivity contribution in [1.29, 1.82) is 0 Å². The van der Waals surface area contributed by atoms with Gasteiger partial charge in [0.15, 0.2) is 6.10 Å². The number of allylic oxidation sites excluding steroid dienone is 1. The highest BCUT2D eigenvalue weighted by Crippen LogP contribution is 2.38. The lowest BCUT2D eigenvalue weighted by molar-refractivity contribution is -0.870. The Bertz CT molecular complexity index is 1240. The van der Waals surface area contributed by atoms with Gasteiger partial charge in [0, 0.05) is 25.2 Å². The molecule has 2 N–H and O–H groups in total. The Morgan fingerprint density at radius 2 is 1.19 bits per heavy atom. The minimum atomic E-state index is -4.68. The fourth-order valence-electron chi connectivity index (χ4n) is 8.15. The molecule has 0 heterocycles. The first-order valence-electron chi connectivity index (χ1n) is 25.5. The highest BCUT2D eigenvalue weighted by Gasteiger charge is 2.39. The maximum Gasteiger partial charge on any atom is 0.306 e. The lowest BCUT2D eigenvalue weighted by Crippen LogP contribution is -2.37. The molecule has 0 bridgehead atoms. The van der Waals surface area contributed by atoms with Crippen LogP contribution in [-0.2, 0) is 37.5 Å². The molecule has 13 heteroatoms. The average Bonchev–Trinajstić information content (AvgIpc) is 3.50. The maximum absolute atomic E-state index is 12.8. The van der Waals surface area contributed by atoms with Crippen LogP contribution in [0.3, 0.4) is 0 Å². The van der Waals surface area contributed by atoms with Crippen LogP contribution in [0.2, 0.25) is 0 Å². The number of rotatable bonds is 43. The van der Waals surface area contributed by atoms with Gasteiger partial charge in [0.2, 0.25) is 0 Å². The summed E-state index contributed by atoms with van der Waals surface area (Å²) in [5.74, 6) is -1.54. The second-order valence-electron chi connectivity index (χ2n) is 19.3. The van der Waals surface area contributed by atoms with Gasteiger partial charge in [0.05, 0.1) is 40.0 Å². The first-order valence-corrected chi connectivity index (χ1v) is 27.0. The second-order valence-corrected chi connectivity index (χ2v) is 20.7. The number of aliphatic hydroxyl groups excluding tert-OH is 2. The average molecular weight is 916 g/mol. The topological polar surface area (TPSA) is 169 Å². The number of aliphatic hydroxyl groups is 2. The normalized spacial score (nSPS) is 18.8. The SMILES string of the molecule is CCCCCCCCCCCCCCCCCCCCCC(=O)O[C@H](COC(=O)CCCCCC[C@H]1[C@@H](O)CC(=O)[C@@H]1/C=C/[C@@H](O)CCCCC)COP(=O)([O-])OCC[N+](C)(C)C. The molecule has 0 aliphatic heterocycles. The standard InChI is InChI=1S/C50H94NO11P/c1-6-8-10-11-12-13-14-15-16-17-18-19-20-21-22-23-24-25-31-35-50(56)62-44(42-61-63(57,58)60-39-38-51(3,4)5)41-59-49(55)34-30-27-26-29-33-45-46(48(54)40-47(45)53)37-36-43(52)32-28-9-7-2/h36-37,43-47,52-53H,6-35,38-42H2,1-5H3/b37-36+/t43-,44+,45+,46+,47-/m0/s1. The van der Waals surface area contributed by atoms with Gasteiger partial charge in [-0.15, -0.1) is 0 Å². The van der Waals surface area contributed by atoms with Crippen molar-refractivity contribution in [2.45, 2.75) is 231 Å². The molecule has 0 amide bonds. The zero-order valence-corrected chi connectivity index (χ0v) is 41.6. The molecule has 0 saturated heterocycles. The smallest absolute Gasteiger partial charge is 0.306 e. The highest BCUT2D eigenvalue weighted by atomic mass is 31.2. The van der Waals surface area contributed by atoms with Crippen molar-refractivity contribution in [3.05, 3.63) is 12.2 Å². The van der Waals surface area contributed by atoms with Crippen molar-refractivity contribution in [1.82, 2.24) is 0 Å². The van der Waals surface area contributed by atoms with E-state index in [1.54, 1.807) is 12.2 Å². The fraction of sp³-hybridized carbons (Fsp3) is 0.900. The third-order valence-electron chi connectivity index (χ3n) is 12.2. The number of ketones is 1. The van der Waals surface area contributed by atoms with Crippen LogP contribution in [0.25, 0.3) is 0 Å². The van der Waals surface area contributed by atoms with Gasteiger partial charge in [-0.3, -0.25) is 18.9 Å². The Morgan fingerprint density at radius 1 is 0.714 bits per heavy atom. The third kappa shape index (κ3) is 34.3. The van der Waals surface area contributed by atoms with E-state index in [2.05, 4.69) is 13.8 Å². The Balaban J connectivity index is 2.38. The minimum Gasteiger partial charge on any atom is -0.756 e. The molecule has 12 nitrogen and oxygen atoms in total. The van der Waals surface area contributed by atoms with Gasteiger partial charge in [-0.2, -0.15) is 0 Å².